The predicted molar refractivity (Wildman–Crippen MR) is 61.5 cm³/mol. The van der Waals surface area contributed by atoms with E-state index in [-0.39, 0.29) is 12.2 Å². The molecule has 1 aromatic heterocycles. The highest BCUT2D eigenvalue weighted by molar-refractivity contribution is 7.99. The molecule has 1 aromatic rings. The number of aromatic nitrogens is 3. The van der Waals surface area contributed by atoms with E-state index in [0.717, 1.165) is 11.8 Å². The van der Waals surface area contributed by atoms with Crippen LogP contribution in [-0.4, -0.2) is 37.5 Å². The first-order valence-electron chi connectivity index (χ1n) is 4.86. The molecule has 8 heteroatoms. The number of primary amides is 1. The number of carboxylic acid groups (broad SMARTS) is 1. The summed E-state index contributed by atoms with van der Waals surface area (Å²) >= 11 is 1.05. The third-order valence-corrected chi connectivity index (χ3v) is 3.03. The van der Waals surface area contributed by atoms with Crippen molar-refractivity contribution in [2.75, 3.05) is 5.75 Å². The molecule has 0 unspecified atom stereocenters. The third kappa shape index (κ3) is 3.74. The van der Waals surface area contributed by atoms with E-state index in [2.05, 4.69) is 10.2 Å². The highest BCUT2D eigenvalue weighted by atomic mass is 32.2. The Morgan fingerprint density at radius 3 is 2.76 bits per heavy atom. The number of aliphatic carboxylic acids is 1. The standard InChI is InChI=1S/C9H14N4O3S/c1-9(2,3-6(10)14)13-5-11-12-8(13)17-4-7(15)16/h5H,3-4H2,1-2H3,(H2,10,14)(H,15,16). The van der Waals surface area contributed by atoms with Gasteiger partial charge in [0.1, 0.15) is 6.33 Å². The Labute approximate surface area is 102 Å². The average molecular weight is 258 g/mol. The topological polar surface area (TPSA) is 111 Å². The largest absolute Gasteiger partial charge is 0.481 e. The van der Waals surface area contributed by atoms with Gasteiger partial charge in [-0.15, -0.1) is 10.2 Å². The van der Waals surface area contributed by atoms with Gasteiger partial charge < -0.3 is 15.4 Å². The maximum absolute atomic E-state index is 11.0. The summed E-state index contributed by atoms with van der Waals surface area (Å²) in [6.07, 6.45) is 1.60. The number of thioether (sulfide) groups is 1. The zero-order chi connectivity index (χ0) is 13.1. The molecular formula is C9H14N4O3S. The van der Waals surface area contributed by atoms with Crippen molar-refractivity contribution in [3.63, 3.8) is 0 Å². The average Bonchev–Trinajstić information content (AvgIpc) is 2.60. The number of amides is 1. The van der Waals surface area contributed by atoms with E-state index in [0.29, 0.717) is 5.16 Å². The molecule has 0 saturated carbocycles. The maximum Gasteiger partial charge on any atom is 0.313 e. The van der Waals surface area contributed by atoms with Crippen LogP contribution in [0.15, 0.2) is 11.5 Å². The molecule has 1 heterocycles. The smallest absolute Gasteiger partial charge is 0.313 e. The van der Waals surface area contributed by atoms with Gasteiger partial charge in [0, 0.05) is 6.42 Å². The molecule has 7 nitrogen and oxygen atoms in total. The first-order valence-corrected chi connectivity index (χ1v) is 5.85. The molecule has 0 atom stereocenters. The highest BCUT2D eigenvalue weighted by Crippen LogP contribution is 2.25. The van der Waals surface area contributed by atoms with Crippen LogP contribution in [0.3, 0.4) is 0 Å². The molecule has 0 radical (unpaired) electrons. The number of carbonyl (C=O) groups excluding carboxylic acids is 1. The second kappa shape index (κ2) is 5.17. The molecule has 0 aliphatic heterocycles. The summed E-state index contributed by atoms with van der Waals surface area (Å²) in [6, 6.07) is 0. The van der Waals surface area contributed by atoms with Crippen molar-refractivity contribution < 1.29 is 14.7 Å². The first-order chi connectivity index (χ1) is 7.83. The predicted octanol–water partition coefficient (Wildman–Crippen LogP) is 0.0653. The van der Waals surface area contributed by atoms with E-state index in [1.165, 1.54) is 6.33 Å². The Morgan fingerprint density at radius 1 is 1.59 bits per heavy atom. The lowest BCUT2D eigenvalue weighted by Gasteiger charge is -2.25. The fourth-order valence-electron chi connectivity index (χ4n) is 1.38. The monoisotopic (exact) mass is 258 g/mol. The van der Waals surface area contributed by atoms with Crippen LogP contribution in [0.5, 0.6) is 0 Å². The van der Waals surface area contributed by atoms with Crippen LogP contribution in [0, 0.1) is 0 Å². The van der Waals surface area contributed by atoms with Gasteiger partial charge in [0.05, 0.1) is 11.3 Å². The normalized spacial score (nSPS) is 11.4. The lowest BCUT2D eigenvalue weighted by molar-refractivity contribution is -0.134. The fourth-order valence-corrected chi connectivity index (χ4v) is 2.17. The molecule has 1 rings (SSSR count). The molecule has 0 saturated heterocycles. The van der Waals surface area contributed by atoms with Crippen LogP contribution < -0.4 is 5.73 Å². The minimum atomic E-state index is -0.933. The second-order valence-electron chi connectivity index (χ2n) is 4.12. The molecule has 94 valence electrons. The van der Waals surface area contributed by atoms with Crippen LogP contribution in [0.2, 0.25) is 0 Å². The minimum absolute atomic E-state index is 0.106. The summed E-state index contributed by atoms with van der Waals surface area (Å²) in [6.45, 7) is 3.62. The van der Waals surface area contributed by atoms with Crippen molar-refractivity contribution in [3.05, 3.63) is 6.33 Å². The maximum atomic E-state index is 11.0. The summed E-state index contributed by atoms with van der Waals surface area (Å²) in [4.78, 5) is 21.4. The van der Waals surface area contributed by atoms with Gasteiger partial charge in [-0.3, -0.25) is 9.59 Å². The molecule has 0 spiro atoms. The molecule has 0 aliphatic rings. The highest BCUT2D eigenvalue weighted by Gasteiger charge is 2.26. The number of hydrogen-bond acceptors (Lipinski definition) is 5. The second-order valence-corrected chi connectivity index (χ2v) is 5.06. The van der Waals surface area contributed by atoms with E-state index < -0.39 is 17.4 Å². The quantitative estimate of drug-likeness (QED) is 0.698. The zero-order valence-electron chi connectivity index (χ0n) is 9.58. The van der Waals surface area contributed by atoms with Crippen molar-refractivity contribution in [1.82, 2.24) is 14.8 Å². The van der Waals surface area contributed by atoms with Crippen LogP contribution in [-0.2, 0) is 15.1 Å². The molecule has 0 bridgehead atoms. The van der Waals surface area contributed by atoms with Gasteiger partial charge in [0.25, 0.3) is 0 Å². The van der Waals surface area contributed by atoms with Gasteiger partial charge in [0.2, 0.25) is 5.91 Å². The van der Waals surface area contributed by atoms with E-state index >= 15 is 0 Å². The van der Waals surface area contributed by atoms with E-state index in [9.17, 15) is 9.59 Å². The number of carboxylic acids is 1. The number of hydrogen-bond donors (Lipinski definition) is 2. The van der Waals surface area contributed by atoms with Crippen LogP contribution in [0.25, 0.3) is 0 Å². The van der Waals surface area contributed by atoms with Crippen LogP contribution in [0.4, 0.5) is 0 Å². The Hall–Kier alpha value is -1.57. The summed E-state index contributed by atoms with van der Waals surface area (Å²) in [5, 5.41) is 16.6. The molecule has 0 aliphatic carbocycles. The molecule has 0 aromatic carbocycles. The first kappa shape index (κ1) is 13.5. The lowest BCUT2D eigenvalue weighted by atomic mass is 10.0. The Bertz CT molecular complexity index is 430. The molecule has 0 fully saturated rings. The van der Waals surface area contributed by atoms with Gasteiger partial charge in [0.15, 0.2) is 5.16 Å². The molecule has 1 amide bonds. The SMILES string of the molecule is CC(C)(CC(N)=O)n1cnnc1SCC(=O)O. The van der Waals surface area contributed by atoms with Gasteiger partial charge >= 0.3 is 5.97 Å². The van der Waals surface area contributed by atoms with Gasteiger partial charge in [-0.1, -0.05) is 11.8 Å². The van der Waals surface area contributed by atoms with Crippen molar-refractivity contribution >= 4 is 23.6 Å². The Morgan fingerprint density at radius 2 is 2.24 bits per heavy atom. The third-order valence-electron chi connectivity index (χ3n) is 2.10. The van der Waals surface area contributed by atoms with Gasteiger partial charge in [-0.25, -0.2) is 0 Å². The number of nitrogens with zero attached hydrogens (tertiary/aromatic N) is 3. The summed E-state index contributed by atoms with van der Waals surface area (Å²) in [5.41, 5.74) is 4.59. The van der Waals surface area contributed by atoms with Crippen LogP contribution >= 0.6 is 11.8 Å². The van der Waals surface area contributed by atoms with Crippen molar-refractivity contribution in [1.29, 1.82) is 0 Å². The van der Waals surface area contributed by atoms with E-state index in [1.54, 1.807) is 4.57 Å². The lowest BCUT2D eigenvalue weighted by Crippen LogP contribution is -2.32. The van der Waals surface area contributed by atoms with Crippen molar-refractivity contribution in [2.24, 2.45) is 5.73 Å². The van der Waals surface area contributed by atoms with Crippen LogP contribution in [0.1, 0.15) is 20.3 Å². The van der Waals surface area contributed by atoms with Gasteiger partial charge in [-0.05, 0) is 13.8 Å². The summed E-state index contributed by atoms with van der Waals surface area (Å²) in [7, 11) is 0. The van der Waals surface area contributed by atoms with E-state index in [4.69, 9.17) is 10.8 Å². The Balaban J connectivity index is 2.86. The fraction of sp³-hybridized carbons (Fsp3) is 0.556. The minimum Gasteiger partial charge on any atom is -0.481 e. The van der Waals surface area contributed by atoms with Gasteiger partial charge in [-0.2, -0.15) is 0 Å². The Kier molecular flexibility index (Phi) is 4.11. The number of rotatable bonds is 6. The molecular weight excluding hydrogens is 244 g/mol. The summed E-state index contributed by atoms with van der Waals surface area (Å²) < 4.78 is 1.66. The molecule has 3 N–H and O–H groups in total. The van der Waals surface area contributed by atoms with Crippen molar-refractivity contribution in [2.45, 2.75) is 31.0 Å². The number of nitrogens with two attached hydrogens (primary N) is 1. The zero-order valence-corrected chi connectivity index (χ0v) is 10.4. The van der Waals surface area contributed by atoms with E-state index in [1.807, 2.05) is 13.8 Å². The van der Waals surface area contributed by atoms with Crippen molar-refractivity contribution in [3.8, 4) is 0 Å². The number of carbonyl (C=O) groups is 2. The summed E-state index contributed by atoms with van der Waals surface area (Å²) in [5.74, 6) is -1.47. The molecule has 17 heavy (non-hydrogen) atoms.